The van der Waals surface area contributed by atoms with Crippen molar-refractivity contribution in [3.8, 4) is 11.5 Å². The molecule has 0 saturated carbocycles. The molecule has 20 heavy (non-hydrogen) atoms. The molecule has 3 heteroatoms. The number of nitrogens with one attached hydrogen (secondary N) is 1. The standard InChI is InChI=1S/C17H19NO2/c1-10-3-5-12(6-4-10)15-7-13-8-16(19)17(20)9-14(13)11(2)18-15/h3-6,8-9,11,15,18-20H,7H2,1-2H3. The van der Waals surface area contributed by atoms with E-state index in [1.54, 1.807) is 12.1 Å². The normalized spacial score (nSPS) is 21.5. The van der Waals surface area contributed by atoms with Gasteiger partial charge >= 0.3 is 0 Å². The molecule has 2 aromatic carbocycles. The molecule has 0 bridgehead atoms. The van der Waals surface area contributed by atoms with Gasteiger partial charge in [-0.1, -0.05) is 29.8 Å². The van der Waals surface area contributed by atoms with Crippen LogP contribution in [-0.2, 0) is 6.42 Å². The number of phenolic OH excluding ortho intramolecular Hbond substituents is 2. The Kier molecular flexibility index (Phi) is 3.14. The largest absolute Gasteiger partial charge is 0.504 e. The van der Waals surface area contributed by atoms with Crippen molar-refractivity contribution < 1.29 is 10.2 Å². The van der Waals surface area contributed by atoms with Crippen molar-refractivity contribution in [1.82, 2.24) is 5.32 Å². The van der Waals surface area contributed by atoms with Gasteiger partial charge < -0.3 is 15.5 Å². The molecule has 2 unspecified atom stereocenters. The van der Waals surface area contributed by atoms with E-state index in [1.165, 1.54) is 11.1 Å². The monoisotopic (exact) mass is 269 g/mol. The molecule has 1 heterocycles. The number of phenols is 2. The lowest BCUT2D eigenvalue weighted by Gasteiger charge is -2.32. The second kappa shape index (κ2) is 4.84. The Hall–Kier alpha value is -2.00. The molecule has 0 fully saturated rings. The first-order valence-corrected chi connectivity index (χ1v) is 6.92. The van der Waals surface area contributed by atoms with Crippen LogP contribution in [0.2, 0.25) is 0 Å². The first kappa shape index (κ1) is 13.0. The van der Waals surface area contributed by atoms with Crippen molar-refractivity contribution >= 4 is 0 Å². The minimum atomic E-state index is -0.0498. The van der Waals surface area contributed by atoms with Gasteiger partial charge in [-0.05, 0) is 49.1 Å². The van der Waals surface area contributed by atoms with Crippen molar-refractivity contribution in [3.05, 3.63) is 58.7 Å². The highest BCUT2D eigenvalue weighted by Gasteiger charge is 2.25. The second-order valence-corrected chi connectivity index (χ2v) is 5.60. The second-order valence-electron chi connectivity index (χ2n) is 5.60. The molecule has 2 atom stereocenters. The van der Waals surface area contributed by atoms with Gasteiger partial charge in [0.25, 0.3) is 0 Å². The minimum Gasteiger partial charge on any atom is -0.504 e. The lowest BCUT2D eigenvalue weighted by Crippen LogP contribution is -2.31. The molecule has 1 aliphatic heterocycles. The maximum atomic E-state index is 9.68. The molecule has 2 aromatic rings. The zero-order valence-corrected chi connectivity index (χ0v) is 11.7. The molecule has 3 rings (SSSR count). The van der Waals surface area contributed by atoms with Crippen LogP contribution in [0, 0.1) is 6.92 Å². The Morgan fingerprint density at radius 2 is 1.70 bits per heavy atom. The lowest BCUT2D eigenvalue weighted by molar-refractivity contribution is 0.391. The first-order chi connectivity index (χ1) is 9.54. The number of benzene rings is 2. The predicted molar refractivity (Wildman–Crippen MR) is 78.9 cm³/mol. The van der Waals surface area contributed by atoms with Gasteiger partial charge in [0, 0.05) is 12.1 Å². The van der Waals surface area contributed by atoms with Gasteiger partial charge in [-0.25, -0.2) is 0 Å². The number of aromatic hydroxyl groups is 2. The Labute approximate surface area is 118 Å². The smallest absolute Gasteiger partial charge is 0.157 e. The van der Waals surface area contributed by atoms with E-state index in [4.69, 9.17) is 0 Å². The van der Waals surface area contributed by atoms with E-state index in [1.807, 2.05) is 0 Å². The summed E-state index contributed by atoms with van der Waals surface area (Å²) < 4.78 is 0. The van der Waals surface area contributed by atoms with E-state index >= 15 is 0 Å². The predicted octanol–water partition coefficient (Wildman–Crippen LogP) is 3.35. The highest BCUT2D eigenvalue weighted by Crippen LogP contribution is 2.37. The number of hydrogen-bond donors (Lipinski definition) is 3. The summed E-state index contributed by atoms with van der Waals surface area (Å²) in [5.74, 6) is -0.0910. The summed E-state index contributed by atoms with van der Waals surface area (Å²) in [4.78, 5) is 0. The summed E-state index contributed by atoms with van der Waals surface area (Å²) in [6.45, 7) is 4.16. The van der Waals surface area contributed by atoms with E-state index in [2.05, 4.69) is 43.4 Å². The Bertz CT molecular complexity index is 634. The van der Waals surface area contributed by atoms with E-state index in [-0.39, 0.29) is 23.6 Å². The first-order valence-electron chi connectivity index (χ1n) is 6.92. The number of aryl methyl sites for hydroxylation is 1. The van der Waals surface area contributed by atoms with Gasteiger partial charge in [0.2, 0.25) is 0 Å². The summed E-state index contributed by atoms with van der Waals surface area (Å²) in [7, 11) is 0. The third-order valence-electron chi connectivity index (χ3n) is 4.06. The van der Waals surface area contributed by atoms with Gasteiger partial charge in [-0.15, -0.1) is 0 Å². The fourth-order valence-electron chi connectivity index (χ4n) is 2.90. The lowest BCUT2D eigenvalue weighted by atomic mass is 9.87. The molecule has 0 aromatic heterocycles. The van der Waals surface area contributed by atoms with Gasteiger partial charge in [0.15, 0.2) is 11.5 Å². The maximum absolute atomic E-state index is 9.68. The number of fused-ring (bicyclic) bond motifs is 1. The van der Waals surface area contributed by atoms with Gasteiger partial charge in [-0.3, -0.25) is 0 Å². The van der Waals surface area contributed by atoms with Crippen molar-refractivity contribution in [3.63, 3.8) is 0 Å². The van der Waals surface area contributed by atoms with Crippen molar-refractivity contribution in [1.29, 1.82) is 0 Å². The van der Waals surface area contributed by atoms with Crippen LogP contribution >= 0.6 is 0 Å². The maximum Gasteiger partial charge on any atom is 0.157 e. The van der Waals surface area contributed by atoms with E-state index < -0.39 is 0 Å². The molecule has 0 radical (unpaired) electrons. The van der Waals surface area contributed by atoms with Crippen LogP contribution in [0.1, 0.15) is 41.3 Å². The highest BCUT2D eigenvalue weighted by atomic mass is 16.3. The summed E-state index contributed by atoms with van der Waals surface area (Å²) in [6.07, 6.45) is 0.816. The van der Waals surface area contributed by atoms with Gasteiger partial charge in [0.1, 0.15) is 0 Å². The zero-order chi connectivity index (χ0) is 14.3. The van der Waals surface area contributed by atoms with Crippen LogP contribution in [0.3, 0.4) is 0 Å². The Morgan fingerprint density at radius 3 is 2.40 bits per heavy atom. The molecule has 0 spiro atoms. The van der Waals surface area contributed by atoms with E-state index in [0.717, 1.165) is 17.5 Å². The quantitative estimate of drug-likeness (QED) is 0.696. The molecule has 0 aliphatic carbocycles. The van der Waals surface area contributed by atoms with Crippen LogP contribution in [0.4, 0.5) is 0 Å². The van der Waals surface area contributed by atoms with Crippen LogP contribution < -0.4 is 5.32 Å². The molecule has 1 aliphatic rings. The number of rotatable bonds is 1. The van der Waals surface area contributed by atoms with Gasteiger partial charge in [-0.2, -0.15) is 0 Å². The van der Waals surface area contributed by atoms with Crippen molar-refractivity contribution in [2.45, 2.75) is 32.4 Å². The zero-order valence-electron chi connectivity index (χ0n) is 11.7. The van der Waals surface area contributed by atoms with E-state index in [9.17, 15) is 10.2 Å². The molecular formula is C17H19NO2. The fourth-order valence-corrected chi connectivity index (χ4v) is 2.90. The highest BCUT2D eigenvalue weighted by molar-refractivity contribution is 5.48. The van der Waals surface area contributed by atoms with Crippen molar-refractivity contribution in [2.24, 2.45) is 0 Å². The summed E-state index contributed by atoms with van der Waals surface area (Å²) in [5.41, 5.74) is 4.65. The molecule has 3 N–H and O–H groups in total. The summed E-state index contributed by atoms with van der Waals surface area (Å²) >= 11 is 0. The molecule has 104 valence electrons. The van der Waals surface area contributed by atoms with Gasteiger partial charge in [0.05, 0.1) is 0 Å². The third kappa shape index (κ3) is 2.25. The Balaban J connectivity index is 1.95. The van der Waals surface area contributed by atoms with Crippen LogP contribution in [0.15, 0.2) is 36.4 Å². The number of hydrogen-bond acceptors (Lipinski definition) is 3. The average Bonchev–Trinajstić information content (AvgIpc) is 2.42. The third-order valence-corrected chi connectivity index (χ3v) is 4.06. The van der Waals surface area contributed by atoms with Crippen LogP contribution in [0.5, 0.6) is 11.5 Å². The Morgan fingerprint density at radius 1 is 1.05 bits per heavy atom. The van der Waals surface area contributed by atoms with Crippen LogP contribution in [0.25, 0.3) is 0 Å². The topological polar surface area (TPSA) is 52.5 Å². The SMILES string of the molecule is Cc1ccc(C2Cc3cc(O)c(O)cc3C(C)N2)cc1. The fraction of sp³-hybridized carbons (Fsp3) is 0.294. The minimum absolute atomic E-state index is 0.0412. The summed E-state index contributed by atoms with van der Waals surface area (Å²) in [6, 6.07) is 12.3. The summed E-state index contributed by atoms with van der Waals surface area (Å²) in [5, 5.41) is 22.9. The van der Waals surface area contributed by atoms with E-state index in [0.29, 0.717) is 0 Å². The molecule has 0 amide bonds. The molecule has 3 nitrogen and oxygen atoms in total. The molecule has 0 saturated heterocycles. The molecular weight excluding hydrogens is 250 g/mol. The average molecular weight is 269 g/mol. The van der Waals surface area contributed by atoms with Crippen LogP contribution in [-0.4, -0.2) is 10.2 Å². The van der Waals surface area contributed by atoms with Crippen molar-refractivity contribution in [2.75, 3.05) is 0 Å².